The normalized spacial score (nSPS) is 24.8. The summed E-state index contributed by atoms with van der Waals surface area (Å²) in [6.45, 7) is 6.52. The van der Waals surface area contributed by atoms with Crippen LogP contribution in [0.15, 0.2) is 24.3 Å². The van der Waals surface area contributed by atoms with E-state index < -0.39 is 25.0 Å². The highest BCUT2D eigenvalue weighted by atomic mass is 28.3. The van der Waals surface area contributed by atoms with E-state index in [1.165, 1.54) is 6.07 Å². The van der Waals surface area contributed by atoms with Crippen molar-refractivity contribution in [1.82, 2.24) is 0 Å². The fraction of sp³-hybridized carbons (Fsp3) is 0.500. The summed E-state index contributed by atoms with van der Waals surface area (Å²) in [6.07, 6.45) is -4.31. The number of halogens is 3. The Morgan fingerprint density at radius 3 is 2.12 bits per heavy atom. The third-order valence-corrected chi connectivity index (χ3v) is 6.29. The van der Waals surface area contributed by atoms with Gasteiger partial charge in [0.15, 0.2) is 0 Å². The maximum Gasteiger partial charge on any atom is 0.416 e. The second kappa shape index (κ2) is 3.59. The smallest absolute Gasteiger partial charge is 0.369 e. The molecule has 1 atom stereocenters. The summed E-state index contributed by atoms with van der Waals surface area (Å²) in [4.78, 5) is 0. The topological polar surface area (TPSA) is 12.5 Å². The molecule has 0 saturated carbocycles. The van der Waals surface area contributed by atoms with Crippen molar-refractivity contribution in [1.29, 1.82) is 0 Å². The van der Waals surface area contributed by atoms with Gasteiger partial charge in [0, 0.05) is 0 Å². The number of hydrogen-bond donors (Lipinski definition) is 0. The SMILES string of the molecule is C[Si](C)(C)C1(c2ccccc2C(F)(F)F)CO1. The number of hydrogen-bond acceptors (Lipinski definition) is 1. The van der Waals surface area contributed by atoms with Gasteiger partial charge in [0.2, 0.25) is 0 Å². The van der Waals surface area contributed by atoms with Gasteiger partial charge in [-0.25, -0.2) is 0 Å². The molecule has 1 aliphatic heterocycles. The molecule has 0 radical (unpaired) electrons. The molecule has 0 amide bonds. The lowest BCUT2D eigenvalue weighted by molar-refractivity contribution is -0.138. The Bertz CT molecular complexity index is 430. The number of epoxide rings is 1. The van der Waals surface area contributed by atoms with Gasteiger partial charge in [-0.1, -0.05) is 37.8 Å². The number of rotatable bonds is 2. The Hall–Kier alpha value is -0.813. The molecular formula is C12H15F3OSi. The summed E-state index contributed by atoms with van der Waals surface area (Å²) in [6, 6.07) is 5.76. The van der Waals surface area contributed by atoms with Gasteiger partial charge in [-0.3, -0.25) is 0 Å². The van der Waals surface area contributed by atoms with Gasteiger partial charge in [-0.15, -0.1) is 0 Å². The Morgan fingerprint density at radius 2 is 1.71 bits per heavy atom. The van der Waals surface area contributed by atoms with Crippen molar-refractivity contribution in [3.05, 3.63) is 35.4 Å². The highest BCUT2D eigenvalue weighted by molar-refractivity contribution is 6.79. The van der Waals surface area contributed by atoms with E-state index in [0.717, 1.165) is 6.07 Å². The Morgan fingerprint density at radius 1 is 1.18 bits per heavy atom. The van der Waals surface area contributed by atoms with Crippen LogP contribution in [-0.4, -0.2) is 14.7 Å². The van der Waals surface area contributed by atoms with Gasteiger partial charge < -0.3 is 4.74 Å². The maximum absolute atomic E-state index is 13.0. The van der Waals surface area contributed by atoms with E-state index in [0.29, 0.717) is 12.2 Å². The van der Waals surface area contributed by atoms with Gasteiger partial charge in [0.1, 0.15) is 5.22 Å². The zero-order chi connectivity index (χ0) is 12.9. The first-order valence-corrected chi connectivity index (χ1v) is 8.99. The van der Waals surface area contributed by atoms with Gasteiger partial charge in [-0.2, -0.15) is 13.2 Å². The summed E-state index contributed by atoms with van der Waals surface area (Å²) in [7, 11) is -1.85. The quantitative estimate of drug-likeness (QED) is 0.582. The Labute approximate surface area is 99.6 Å². The van der Waals surface area contributed by atoms with E-state index in [1.54, 1.807) is 12.1 Å². The second-order valence-electron chi connectivity index (χ2n) is 5.41. The van der Waals surface area contributed by atoms with Crippen molar-refractivity contribution in [2.45, 2.75) is 31.0 Å². The summed E-state index contributed by atoms with van der Waals surface area (Å²) in [5, 5.41) is -0.654. The van der Waals surface area contributed by atoms with Crippen LogP contribution in [0.2, 0.25) is 19.6 Å². The highest BCUT2D eigenvalue weighted by Crippen LogP contribution is 2.50. The average molecular weight is 260 g/mol. The molecule has 2 rings (SSSR count). The van der Waals surface area contributed by atoms with Crippen LogP contribution in [0, 0.1) is 0 Å². The summed E-state index contributed by atoms with van der Waals surface area (Å²) >= 11 is 0. The zero-order valence-electron chi connectivity index (χ0n) is 10.1. The molecular weight excluding hydrogens is 245 g/mol. The minimum atomic E-state index is -4.31. The fourth-order valence-corrected chi connectivity index (χ4v) is 4.11. The molecule has 1 aliphatic rings. The minimum absolute atomic E-state index is 0.312. The third kappa shape index (κ3) is 2.02. The largest absolute Gasteiger partial charge is 0.416 e. The lowest BCUT2D eigenvalue weighted by atomic mass is 10.0. The van der Waals surface area contributed by atoms with Crippen LogP contribution in [0.4, 0.5) is 13.2 Å². The summed E-state index contributed by atoms with van der Waals surface area (Å²) in [5.74, 6) is 0. The molecule has 0 aromatic heterocycles. The van der Waals surface area contributed by atoms with Crippen molar-refractivity contribution >= 4 is 8.07 Å². The van der Waals surface area contributed by atoms with Crippen molar-refractivity contribution in [2.75, 3.05) is 6.61 Å². The first-order valence-electron chi connectivity index (χ1n) is 5.49. The predicted octanol–water partition coefficient (Wildman–Crippen LogP) is 3.81. The van der Waals surface area contributed by atoms with Gasteiger partial charge in [0.25, 0.3) is 0 Å². The molecule has 1 nitrogen and oxygen atoms in total. The number of benzene rings is 1. The predicted molar refractivity (Wildman–Crippen MR) is 62.4 cm³/mol. The van der Waals surface area contributed by atoms with Crippen molar-refractivity contribution in [3.63, 3.8) is 0 Å². The Kier molecular flexibility index (Phi) is 2.67. The molecule has 1 saturated heterocycles. The molecule has 1 unspecified atom stereocenters. The molecule has 0 spiro atoms. The van der Waals surface area contributed by atoms with Crippen molar-refractivity contribution in [2.24, 2.45) is 0 Å². The van der Waals surface area contributed by atoms with Crippen LogP contribution in [0.1, 0.15) is 11.1 Å². The molecule has 17 heavy (non-hydrogen) atoms. The van der Waals surface area contributed by atoms with E-state index in [-0.39, 0.29) is 0 Å². The Balaban J connectivity index is 2.55. The van der Waals surface area contributed by atoms with Crippen LogP contribution in [-0.2, 0) is 16.1 Å². The molecule has 1 heterocycles. The third-order valence-electron chi connectivity index (χ3n) is 3.31. The molecule has 0 bridgehead atoms. The highest BCUT2D eigenvalue weighted by Gasteiger charge is 2.59. The van der Waals surface area contributed by atoms with Crippen LogP contribution in [0.5, 0.6) is 0 Å². The summed E-state index contributed by atoms with van der Waals surface area (Å²) < 4.78 is 44.3. The minimum Gasteiger partial charge on any atom is -0.369 e. The first kappa shape index (κ1) is 12.6. The zero-order valence-corrected chi connectivity index (χ0v) is 11.1. The molecule has 0 N–H and O–H groups in total. The molecule has 1 fully saturated rings. The van der Waals surface area contributed by atoms with Crippen molar-refractivity contribution < 1.29 is 17.9 Å². The van der Waals surface area contributed by atoms with Crippen LogP contribution >= 0.6 is 0 Å². The first-order chi connectivity index (χ1) is 7.68. The average Bonchev–Trinajstić information content (AvgIpc) is 2.95. The monoisotopic (exact) mass is 260 g/mol. The van der Waals surface area contributed by atoms with E-state index >= 15 is 0 Å². The lowest BCUT2D eigenvalue weighted by Crippen LogP contribution is -2.41. The molecule has 0 aliphatic carbocycles. The fourth-order valence-electron chi connectivity index (χ4n) is 2.15. The van der Waals surface area contributed by atoms with Crippen molar-refractivity contribution in [3.8, 4) is 0 Å². The molecule has 1 aromatic rings. The van der Waals surface area contributed by atoms with E-state index in [2.05, 4.69) is 0 Å². The number of ether oxygens (including phenoxy) is 1. The lowest BCUT2D eigenvalue weighted by Gasteiger charge is -2.28. The maximum atomic E-state index is 13.0. The second-order valence-corrected chi connectivity index (χ2v) is 10.7. The molecule has 1 aromatic carbocycles. The van der Waals surface area contributed by atoms with Gasteiger partial charge >= 0.3 is 6.18 Å². The van der Waals surface area contributed by atoms with Gasteiger partial charge in [0.05, 0.1) is 20.2 Å². The van der Waals surface area contributed by atoms with E-state index in [9.17, 15) is 13.2 Å². The van der Waals surface area contributed by atoms with E-state index in [4.69, 9.17) is 4.74 Å². The van der Waals surface area contributed by atoms with Crippen LogP contribution < -0.4 is 0 Å². The molecule has 94 valence electrons. The van der Waals surface area contributed by atoms with Crippen LogP contribution in [0.3, 0.4) is 0 Å². The summed E-state index contributed by atoms with van der Waals surface area (Å²) in [5.41, 5.74) is -0.244. The standard InChI is InChI=1S/C12H15F3OSi/c1-17(2,3)11(8-16-11)9-6-4-5-7-10(9)12(13,14)15/h4-7H,8H2,1-3H3. The molecule has 5 heteroatoms. The number of alkyl halides is 3. The van der Waals surface area contributed by atoms with Gasteiger partial charge in [-0.05, 0) is 11.6 Å². The van der Waals surface area contributed by atoms with Crippen LogP contribution in [0.25, 0.3) is 0 Å². The van der Waals surface area contributed by atoms with E-state index in [1.807, 2.05) is 19.6 Å².